The maximum absolute atomic E-state index is 12.1. The number of hydrogen-bond donors (Lipinski definition) is 1. The van der Waals surface area contributed by atoms with E-state index in [4.69, 9.17) is 5.11 Å². The van der Waals surface area contributed by atoms with Gasteiger partial charge in [-0.15, -0.1) is 13.2 Å². The number of alkyl halides is 3. The van der Waals surface area contributed by atoms with Gasteiger partial charge in [0.15, 0.2) is 5.78 Å². The quantitative estimate of drug-likeness (QED) is 0.878. The van der Waals surface area contributed by atoms with Crippen LogP contribution in [0.4, 0.5) is 13.2 Å². The van der Waals surface area contributed by atoms with Crippen molar-refractivity contribution >= 4 is 11.8 Å². The lowest BCUT2D eigenvalue weighted by Gasteiger charge is -2.09. The Morgan fingerprint density at radius 3 is 1.64 bits per heavy atom. The fourth-order valence-corrected chi connectivity index (χ4v) is 1.74. The van der Waals surface area contributed by atoms with E-state index in [1.54, 1.807) is 0 Å². The molecule has 0 radical (unpaired) electrons. The van der Waals surface area contributed by atoms with Crippen molar-refractivity contribution in [2.45, 2.75) is 6.36 Å². The van der Waals surface area contributed by atoms with Crippen molar-refractivity contribution in [1.29, 1.82) is 0 Å². The smallest absolute Gasteiger partial charge is 0.478 e. The highest BCUT2D eigenvalue weighted by Crippen LogP contribution is 2.23. The summed E-state index contributed by atoms with van der Waals surface area (Å²) in [5.41, 5.74) is 0.428. The molecule has 0 atom stereocenters. The van der Waals surface area contributed by atoms with E-state index in [-0.39, 0.29) is 16.7 Å². The van der Waals surface area contributed by atoms with Gasteiger partial charge in [0.1, 0.15) is 5.75 Å². The Morgan fingerprint density at radius 2 is 1.23 bits per heavy atom. The third kappa shape index (κ3) is 3.85. The number of halogens is 3. The molecule has 0 aromatic heterocycles. The second kappa shape index (κ2) is 5.88. The Labute approximate surface area is 122 Å². The molecule has 0 aliphatic rings. The van der Waals surface area contributed by atoms with Gasteiger partial charge in [0.25, 0.3) is 0 Å². The molecule has 0 bridgehead atoms. The average molecular weight is 310 g/mol. The van der Waals surface area contributed by atoms with E-state index in [9.17, 15) is 22.8 Å². The number of carbonyl (C=O) groups excluding carboxylic acids is 1. The minimum atomic E-state index is -4.79. The van der Waals surface area contributed by atoms with E-state index in [0.29, 0.717) is 0 Å². The van der Waals surface area contributed by atoms with Gasteiger partial charge in [0.2, 0.25) is 0 Å². The fourth-order valence-electron chi connectivity index (χ4n) is 1.74. The first kappa shape index (κ1) is 15.6. The first-order valence-electron chi connectivity index (χ1n) is 6.00. The lowest BCUT2D eigenvalue weighted by atomic mass is 10.0. The van der Waals surface area contributed by atoms with E-state index >= 15 is 0 Å². The van der Waals surface area contributed by atoms with Crippen LogP contribution in [0.2, 0.25) is 0 Å². The number of hydrogen-bond acceptors (Lipinski definition) is 3. The summed E-state index contributed by atoms with van der Waals surface area (Å²) in [7, 11) is 0. The van der Waals surface area contributed by atoms with Crippen molar-refractivity contribution in [3.8, 4) is 5.75 Å². The monoisotopic (exact) mass is 310 g/mol. The van der Waals surface area contributed by atoms with Crippen LogP contribution in [0.5, 0.6) is 5.75 Å². The minimum absolute atomic E-state index is 0.0328. The molecule has 2 rings (SSSR count). The number of aromatic carboxylic acids is 1. The summed E-state index contributed by atoms with van der Waals surface area (Å²) < 4.78 is 39.8. The van der Waals surface area contributed by atoms with E-state index in [1.807, 2.05) is 0 Å². The third-order valence-corrected chi connectivity index (χ3v) is 2.74. The topological polar surface area (TPSA) is 63.6 Å². The van der Waals surface area contributed by atoms with Gasteiger partial charge in [-0.05, 0) is 36.4 Å². The van der Waals surface area contributed by atoms with Crippen molar-refractivity contribution in [3.05, 3.63) is 65.2 Å². The molecule has 0 amide bonds. The fraction of sp³-hybridized carbons (Fsp3) is 0.0667. The normalized spacial score (nSPS) is 11.0. The molecular weight excluding hydrogens is 301 g/mol. The first-order valence-corrected chi connectivity index (χ1v) is 6.00. The molecule has 0 saturated carbocycles. The Balaban J connectivity index is 2.17. The predicted octanol–water partition coefficient (Wildman–Crippen LogP) is 3.51. The lowest BCUT2D eigenvalue weighted by Crippen LogP contribution is -2.17. The van der Waals surface area contributed by atoms with E-state index in [0.717, 1.165) is 12.1 Å². The summed E-state index contributed by atoms with van der Waals surface area (Å²) in [5.74, 6) is -1.98. The van der Waals surface area contributed by atoms with Gasteiger partial charge in [-0.2, -0.15) is 0 Å². The summed E-state index contributed by atoms with van der Waals surface area (Å²) in [6.07, 6.45) is -4.79. The Hall–Kier alpha value is -2.83. The van der Waals surface area contributed by atoms with E-state index in [2.05, 4.69) is 4.74 Å². The summed E-state index contributed by atoms with van der Waals surface area (Å²) in [6.45, 7) is 0. The van der Waals surface area contributed by atoms with Gasteiger partial charge in [-0.3, -0.25) is 4.79 Å². The molecule has 22 heavy (non-hydrogen) atoms. The highest BCUT2D eigenvalue weighted by molar-refractivity contribution is 6.09. The molecule has 0 saturated heterocycles. The Morgan fingerprint density at radius 1 is 0.818 bits per heavy atom. The van der Waals surface area contributed by atoms with Crippen LogP contribution >= 0.6 is 0 Å². The van der Waals surface area contributed by atoms with Crippen LogP contribution in [0.3, 0.4) is 0 Å². The molecule has 2 aromatic rings. The number of rotatable bonds is 4. The Kier molecular flexibility index (Phi) is 4.16. The minimum Gasteiger partial charge on any atom is -0.478 e. The number of carboxylic acid groups (broad SMARTS) is 1. The van der Waals surface area contributed by atoms with Crippen LogP contribution in [0.15, 0.2) is 48.5 Å². The van der Waals surface area contributed by atoms with Gasteiger partial charge in [-0.25, -0.2) is 4.79 Å². The maximum Gasteiger partial charge on any atom is 0.573 e. The van der Waals surface area contributed by atoms with Gasteiger partial charge in [0, 0.05) is 11.1 Å². The molecule has 0 fully saturated rings. The summed E-state index contributed by atoms with van der Waals surface area (Å²) in [5, 5.41) is 8.76. The predicted molar refractivity (Wildman–Crippen MR) is 70.0 cm³/mol. The van der Waals surface area contributed by atoms with Crippen LogP contribution in [-0.2, 0) is 0 Å². The Bertz CT molecular complexity index is 688. The van der Waals surface area contributed by atoms with Crippen molar-refractivity contribution in [1.82, 2.24) is 0 Å². The standard InChI is InChI=1S/C15H9F3O4/c16-15(17,18)22-12-7-5-10(6-8-12)13(19)9-1-3-11(4-2-9)14(20)21/h1-8H,(H,20,21). The highest BCUT2D eigenvalue weighted by atomic mass is 19.4. The molecule has 0 spiro atoms. The number of benzene rings is 2. The van der Waals surface area contributed by atoms with Gasteiger partial charge in [-0.1, -0.05) is 12.1 Å². The summed E-state index contributed by atoms with van der Waals surface area (Å²) in [6, 6.07) is 9.70. The second-order valence-corrected chi connectivity index (χ2v) is 4.28. The molecule has 0 aliphatic heterocycles. The molecule has 0 heterocycles. The van der Waals surface area contributed by atoms with Crippen molar-refractivity contribution < 1.29 is 32.6 Å². The molecular formula is C15H9F3O4. The zero-order chi connectivity index (χ0) is 16.3. The number of carbonyl (C=O) groups is 2. The van der Waals surface area contributed by atoms with Gasteiger partial charge >= 0.3 is 12.3 Å². The highest BCUT2D eigenvalue weighted by Gasteiger charge is 2.31. The lowest BCUT2D eigenvalue weighted by molar-refractivity contribution is -0.274. The largest absolute Gasteiger partial charge is 0.573 e. The number of ketones is 1. The van der Waals surface area contributed by atoms with Crippen LogP contribution in [0, 0.1) is 0 Å². The third-order valence-electron chi connectivity index (χ3n) is 2.74. The van der Waals surface area contributed by atoms with Crippen molar-refractivity contribution in [2.24, 2.45) is 0 Å². The van der Waals surface area contributed by atoms with Crippen LogP contribution < -0.4 is 4.74 Å². The first-order chi connectivity index (χ1) is 10.3. The second-order valence-electron chi connectivity index (χ2n) is 4.28. The van der Waals surface area contributed by atoms with Crippen LogP contribution in [-0.4, -0.2) is 23.2 Å². The van der Waals surface area contributed by atoms with Gasteiger partial charge < -0.3 is 9.84 Å². The molecule has 7 heteroatoms. The SMILES string of the molecule is O=C(O)c1ccc(C(=O)c2ccc(OC(F)(F)F)cc2)cc1. The van der Waals surface area contributed by atoms with Crippen LogP contribution in [0.25, 0.3) is 0 Å². The average Bonchev–Trinajstić information content (AvgIpc) is 2.46. The maximum atomic E-state index is 12.1. The van der Waals surface area contributed by atoms with Crippen molar-refractivity contribution in [2.75, 3.05) is 0 Å². The van der Waals surface area contributed by atoms with Crippen molar-refractivity contribution in [3.63, 3.8) is 0 Å². The molecule has 1 N–H and O–H groups in total. The summed E-state index contributed by atoms with van der Waals surface area (Å²) in [4.78, 5) is 22.8. The van der Waals surface area contributed by atoms with E-state index < -0.39 is 23.9 Å². The number of ether oxygens (including phenoxy) is 1. The molecule has 0 unspecified atom stereocenters. The van der Waals surface area contributed by atoms with E-state index in [1.165, 1.54) is 36.4 Å². The molecule has 4 nitrogen and oxygen atoms in total. The van der Waals surface area contributed by atoms with Gasteiger partial charge in [0.05, 0.1) is 5.56 Å². The molecule has 0 aliphatic carbocycles. The summed E-state index contributed by atoms with van der Waals surface area (Å²) >= 11 is 0. The zero-order valence-corrected chi connectivity index (χ0v) is 10.9. The molecule has 2 aromatic carbocycles. The number of carboxylic acids is 1. The van der Waals surface area contributed by atoms with Crippen LogP contribution in [0.1, 0.15) is 26.3 Å². The zero-order valence-electron chi connectivity index (χ0n) is 10.9. The molecule has 114 valence electrons.